The first-order valence-corrected chi connectivity index (χ1v) is 15.4. The third kappa shape index (κ3) is 8.36. The first-order valence-electron chi connectivity index (χ1n) is 15.4. The van der Waals surface area contributed by atoms with E-state index in [1.807, 2.05) is 13.8 Å². The smallest absolute Gasteiger partial charge is 0.246 e. The number of piperazine rings is 1. The van der Waals surface area contributed by atoms with Crippen molar-refractivity contribution in [3.05, 3.63) is 18.0 Å². The number of carbonyl (C=O) groups is 1. The summed E-state index contributed by atoms with van der Waals surface area (Å²) in [5, 5.41) is 2.94. The third-order valence-corrected chi connectivity index (χ3v) is 8.71. The van der Waals surface area contributed by atoms with Gasteiger partial charge in [-0.25, -0.2) is 9.97 Å². The van der Waals surface area contributed by atoms with Crippen LogP contribution in [-0.2, 0) is 9.53 Å². The van der Waals surface area contributed by atoms with E-state index in [9.17, 15) is 4.79 Å². The van der Waals surface area contributed by atoms with E-state index in [-0.39, 0.29) is 18.6 Å². The summed E-state index contributed by atoms with van der Waals surface area (Å²) in [7, 11) is 0. The molecule has 3 saturated heterocycles. The Morgan fingerprint density at radius 2 is 1.58 bits per heavy atom. The van der Waals surface area contributed by atoms with Gasteiger partial charge in [0.25, 0.3) is 0 Å². The van der Waals surface area contributed by atoms with Gasteiger partial charge in [0.05, 0.1) is 6.10 Å². The van der Waals surface area contributed by atoms with E-state index in [4.69, 9.17) is 14.7 Å². The van der Waals surface area contributed by atoms with Gasteiger partial charge in [0.15, 0.2) is 0 Å². The lowest BCUT2D eigenvalue weighted by Gasteiger charge is -2.42. The second-order valence-electron chi connectivity index (χ2n) is 12.2. The number of anilines is 1. The molecule has 38 heavy (non-hydrogen) atoms. The van der Waals surface area contributed by atoms with Gasteiger partial charge in [0.2, 0.25) is 11.9 Å². The molecule has 0 radical (unpaired) electrons. The van der Waals surface area contributed by atoms with Crippen LogP contribution >= 0.6 is 0 Å². The number of carbonyl (C=O) groups excluding carboxylic acids is 1. The summed E-state index contributed by atoms with van der Waals surface area (Å²) in [5.74, 6) is 1.54. The standard InChI is InChI=1S/C30H52N6O2/c1-23(2)35-20-27-10-11-28(21-35)36(27)30-32-18-26(19-33-30)25-12-16-34(17-13-25)15-9-7-5-6-8-14-31-29(37)22-38-24(3)4/h18-19,23-25,27-28H,5-17,20-22H2,1-4H3,(H,31,37). The molecule has 1 amide bonds. The summed E-state index contributed by atoms with van der Waals surface area (Å²) >= 11 is 0. The number of hydrogen-bond donors (Lipinski definition) is 1. The van der Waals surface area contributed by atoms with Crippen molar-refractivity contribution in [2.24, 2.45) is 0 Å². The molecule has 4 heterocycles. The van der Waals surface area contributed by atoms with Crippen molar-refractivity contribution in [3.63, 3.8) is 0 Å². The molecule has 1 aromatic rings. The van der Waals surface area contributed by atoms with Gasteiger partial charge in [-0.1, -0.05) is 19.3 Å². The monoisotopic (exact) mass is 528 g/mol. The maximum Gasteiger partial charge on any atom is 0.246 e. The Morgan fingerprint density at radius 1 is 0.947 bits per heavy atom. The first kappa shape index (κ1) is 29.2. The van der Waals surface area contributed by atoms with Crippen LogP contribution in [0.25, 0.3) is 0 Å². The number of nitrogens with one attached hydrogen (secondary N) is 1. The van der Waals surface area contributed by atoms with Gasteiger partial charge in [-0.2, -0.15) is 0 Å². The highest BCUT2D eigenvalue weighted by Crippen LogP contribution is 2.34. The van der Waals surface area contributed by atoms with Crippen LogP contribution in [0, 0.1) is 0 Å². The Labute approximate surface area is 230 Å². The molecule has 2 bridgehead atoms. The Kier molecular flexibility index (Phi) is 11.2. The molecule has 2 unspecified atom stereocenters. The Bertz CT molecular complexity index is 826. The molecule has 3 aliphatic rings. The number of likely N-dealkylation sites (tertiary alicyclic amines) is 2. The van der Waals surface area contributed by atoms with Crippen LogP contribution in [0.2, 0.25) is 0 Å². The third-order valence-electron chi connectivity index (χ3n) is 8.71. The number of unbranched alkanes of at least 4 members (excludes halogenated alkanes) is 4. The maximum absolute atomic E-state index is 11.7. The largest absolute Gasteiger partial charge is 0.369 e. The molecule has 0 spiro atoms. The molecule has 1 aromatic heterocycles. The number of aromatic nitrogens is 2. The summed E-state index contributed by atoms with van der Waals surface area (Å²) in [4.78, 5) is 29.2. The highest BCUT2D eigenvalue weighted by Gasteiger charge is 2.41. The van der Waals surface area contributed by atoms with Crippen molar-refractivity contribution in [3.8, 4) is 0 Å². The molecule has 0 aliphatic carbocycles. The lowest BCUT2D eigenvalue weighted by Crippen LogP contribution is -2.56. The van der Waals surface area contributed by atoms with E-state index in [1.165, 1.54) is 76.6 Å². The quantitative estimate of drug-likeness (QED) is 0.363. The summed E-state index contributed by atoms with van der Waals surface area (Å²) in [6.07, 6.45) is 15.3. The molecule has 0 aromatic carbocycles. The SMILES string of the molecule is CC(C)OCC(=O)NCCCCCCCN1CCC(c2cnc(N3C4CCC3CN(C(C)C)C4)nc2)CC1. The van der Waals surface area contributed by atoms with Crippen molar-refractivity contribution >= 4 is 11.9 Å². The summed E-state index contributed by atoms with van der Waals surface area (Å²) in [5.41, 5.74) is 1.32. The van der Waals surface area contributed by atoms with Gasteiger partial charge in [0.1, 0.15) is 6.61 Å². The first-order chi connectivity index (χ1) is 18.4. The normalized spacial score (nSPS) is 23.1. The molecular formula is C30H52N6O2. The second kappa shape index (κ2) is 14.6. The summed E-state index contributed by atoms with van der Waals surface area (Å²) < 4.78 is 5.32. The highest BCUT2D eigenvalue weighted by molar-refractivity contribution is 5.77. The van der Waals surface area contributed by atoms with Crippen molar-refractivity contribution in [2.75, 3.05) is 50.8 Å². The second-order valence-corrected chi connectivity index (χ2v) is 12.2. The van der Waals surface area contributed by atoms with Crippen LogP contribution in [0.5, 0.6) is 0 Å². The van der Waals surface area contributed by atoms with E-state index < -0.39 is 0 Å². The minimum Gasteiger partial charge on any atom is -0.369 e. The number of piperidine rings is 1. The minimum atomic E-state index is -0.00309. The Balaban J connectivity index is 1.07. The fraction of sp³-hybridized carbons (Fsp3) is 0.833. The van der Waals surface area contributed by atoms with Crippen LogP contribution in [0.4, 0.5) is 5.95 Å². The van der Waals surface area contributed by atoms with Gasteiger partial charge in [-0.15, -0.1) is 0 Å². The van der Waals surface area contributed by atoms with Crippen molar-refractivity contribution in [2.45, 2.75) is 116 Å². The number of ether oxygens (including phenoxy) is 1. The molecule has 0 saturated carbocycles. The number of fused-ring (bicyclic) bond motifs is 2. The molecule has 1 N–H and O–H groups in total. The number of rotatable bonds is 14. The minimum absolute atomic E-state index is 0.00309. The van der Waals surface area contributed by atoms with Crippen molar-refractivity contribution < 1.29 is 9.53 Å². The number of hydrogen-bond acceptors (Lipinski definition) is 7. The zero-order chi connectivity index (χ0) is 26.9. The fourth-order valence-electron chi connectivity index (χ4n) is 6.36. The fourth-order valence-corrected chi connectivity index (χ4v) is 6.36. The maximum atomic E-state index is 11.7. The number of nitrogens with zero attached hydrogens (tertiary/aromatic N) is 5. The van der Waals surface area contributed by atoms with Crippen LogP contribution in [0.1, 0.15) is 97.0 Å². The zero-order valence-corrected chi connectivity index (χ0v) is 24.4. The predicted octanol–water partition coefficient (Wildman–Crippen LogP) is 4.21. The molecule has 4 rings (SSSR count). The lowest BCUT2D eigenvalue weighted by molar-refractivity contribution is -0.127. The van der Waals surface area contributed by atoms with Crippen LogP contribution in [-0.4, -0.2) is 95.8 Å². The molecule has 214 valence electrons. The summed E-state index contributed by atoms with van der Waals surface area (Å²) in [6.45, 7) is 15.3. The van der Waals surface area contributed by atoms with Crippen LogP contribution in [0.15, 0.2) is 12.4 Å². The molecular weight excluding hydrogens is 476 g/mol. The lowest BCUT2D eigenvalue weighted by atomic mass is 9.91. The zero-order valence-electron chi connectivity index (χ0n) is 24.4. The predicted molar refractivity (Wildman–Crippen MR) is 154 cm³/mol. The van der Waals surface area contributed by atoms with Gasteiger partial charge < -0.3 is 19.9 Å². The van der Waals surface area contributed by atoms with E-state index in [0.29, 0.717) is 24.0 Å². The molecule has 3 fully saturated rings. The van der Waals surface area contributed by atoms with E-state index in [0.717, 1.165) is 32.0 Å². The van der Waals surface area contributed by atoms with Crippen LogP contribution in [0.3, 0.4) is 0 Å². The average molecular weight is 529 g/mol. The average Bonchev–Trinajstić information content (AvgIpc) is 3.17. The van der Waals surface area contributed by atoms with Gasteiger partial charge in [0, 0.05) is 50.2 Å². The number of amides is 1. The molecule has 2 atom stereocenters. The summed E-state index contributed by atoms with van der Waals surface area (Å²) in [6, 6.07) is 1.76. The molecule has 8 nitrogen and oxygen atoms in total. The van der Waals surface area contributed by atoms with E-state index in [1.54, 1.807) is 0 Å². The molecule has 3 aliphatic heterocycles. The molecule has 8 heteroatoms. The van der Waals surface area contributed by atoms with Gasteiger partial charge >= 0.3 is 0 Å². The van der Waals surface area contributed by atoms with Gasteiger partial charge in [-0.3, -0.25) is 9.69 Å². The van der Waals surface area contributed by atoms with Gasteiger partial charge in [-0.05, 0) is 97.3 Å². The van der Waals surface area contributed by atoms with E-state index in [2.05, 4.69) is 46.3 Å². The highest BCUT2D eigenvalue weighted by atomic mass is 16.5. The Morgan fingerprint density at radius 3 is 2.21 bits per heavy atom. The van der Waals surface area contributed by atoms with Crippen molar-refractivity contribution in [1.82, 2.24) is 25.1 Å². The van der Waals surface area contributed by atoms with Crippen LogP contribution < -0.4 is 10.2 Å². The Hall–Kier alpha value is -1.77. The van der Waals surface area contributed by atoms with E-state index >= 15 is 0 Å². The van der Waals surface area contributed by atoms with Crippen molar-refractivity contribution in [1.29, 1.82) is 0 Å². The topological polar surface area (TPSA) is 73.8 Å².